The van der Waals surface area contributed by atoms with E-state index in [2.05, 4.69) is 23.2 Å². The molecule has 29 heavy (non-hydrogen) atoms. The Kier molecular flexibility index (Phi) is 4.30. The van der Waals surface area contributed by atoms with Crippen LogP contribution in [0.25, 0.3) is 0 Å². The number of alkyl halides is 1. The summed E-state index contributed by atoms with van der Waals surface area (Å²) in [6, 6.07) is 8.63. The molecule has 1 aromatic carbocycles. The number of aromatic nitrogens is 1. The Morgan fingerprint density at radius 1 is 1.14 bits per heavy atom. The minimum atomic E-state index is -1.08. The lowest BCUT2D eigenvalue weighted by Gasteiger charge is -2.40. The third kappa shape index (κ3) is 3.37. The van der Waals surface area contributed by atoms with Crippen LogP contribution in [0.2, 0.25) is 0 Å². The Bertz CT molecular complexity index is 1020. The summed E-state index contributed by atoms with van der Waals surface area (Å²) < 4.78 is 14.2. The first kappa shape index (κ1) is 18.5. The van der Waals surface area contributed by atoms with E-state index in [4.69, 9.17) is 4.99 Å². The van der Waals surface area contributed by atoms with E-state index in [9.17, 15) is 9.18 Å². The number of aryl methyl sites for hydroxylation is 1. The third-order valence-electron chi connectivity index (χ3n) is 6.70. The average Bonchev–Trinajstić information content (AvgIpc) is 3.09. The molecule has 1 aromatic heterocycles. The van der Waals surface area contributed by atoms with E-state index >= 15 is 0 Å². The Morgan fingerprint density at radius 3 is 2.69 bits per heavy atom. The fourth-order valence-electron chi connectivity index (χ4n) is 4.98. The Labute approximate surface area is 170 Å². The minimum absolute atomic E-state index is 0.156. The summed E-state index contributed by atoms with van der Waals surface area (Å²) in [5.74, 6) is 0.175. The summed E-state index contributed by atoms with van der Waals surface area (Å²) in [5, 5.41) is 0. The molecular weight excluding hydrogens is 365 g/mol. The quantitative estimate of drug-likeness (QED) is 0.766. The molecule has 5 heteroatoms. The normalized spacial score (nSPS) is 26.2. The van der Waals surface area contributed by atoms with Crippen LogP contribution in [0.5, 0.6) is 0 Å². The van der Waals surface area contributed by atoms with Gasteiger partial charge in [-0.1, -0.05) is 6.07 Å². The van der Waals surface area contributed by atoms with E-state index in [1.54, 1.807) is 6.92 Å². The number of nitrogens with zero attached hydrogens (tertiary/aromatic N) is 3. The summed E-state index contributed by atoms with van der Waals surface area (Å²) in [5.41, 5.74) is 6.70. The highest BCUT2D eigenvalue weighted by Gasteiger charge is 2.37. The minimum Gasteiger partial charge on any atom is -0.335 e. The number of hydrogen-bond donors (Lipinski definition) is 0. The number of benzene rings is 1. The van der Waals surface area contributed by atoms with Gasteiger partial charge >= 0.3 is 0 Å². The summed E-state index contributed by atoms with van der Waals surface area (Å²) in [4.78, 5) is 23.9. The Morgan fingerprint density at radius 2 is 1.93 bits per heavy atom. The molecule has 0 radical (unpaired) electrons. The van der Waals surface area contributed by atoms with Gasteiger partial charge in [0, 0.05) is 35.6 Å². The van der Waals surface area contributed by atoms with Crippen molar-refractivity contribution in [3.63, 3.8) is 0 Å². The van der Waals surface area contributed by atoms with Gasteiger partial charge in [-0.3, -0.25) is 14.8 Å². The first-order chi connectivity index (χ1) is 13.9. The molecule has 3 heterocycles. The molecule has 1 fully saturated rings. The molecule has 5 rings (SSSR count). The molecule has 150 valence electrons. The van der Waals surface area contributed by atoms with Crippen molar-refractivity contribution in [1.82, 2.24) is 9.88 Å². The van der Waals surface area contributed by atoms with Gasteiger partial charge in [0.15, 0.2) is 0 Å². The maximum Gasteiger partial charge on any atom is 0.227 e. The van der Waals surface area contributed by atoms with Crippen LogP contribution in [0.4, 0.5) is 4.39 Å². The standard InChI is InChI=1S/C24H26FN3O/c1-15-9-16(5-8-26-15)23-21-11-19-14-28(20-3-6-24(2,25)7-4-20)22(29)12-17(19)10-18(21)13-27-23/h5,8-11,20H,3-4,6-7,12-14H2,1-2H3. The van der Waals surface area contributed by atoms with Crippen LogP contribution in [0, 0.1) is 6.92 Å². The van der Waals surface area contributed by atoms with Crippen molar-refractivity contribution in [2.24, 2.45) is 4.99 Å². The van der Waals surface area contributed by atoms with Gasteiger partial charge in [-0.2, -0.15) is 0 Å². The molecular formula is C24H26FN3O. The molecule has 0 saturated heterocycles. The molecule has 0 atom stereocenters. The first-order valence-corrected chi connectivity index (χ1v) is 10.5. The fraction of sp³-hybridized carbons (Fsp3) is 0.458. The van der Waals surface area contributed by atoms with Crippen LogP contribution < -0.4 is 0 Å². The fourth-order valence-corrected chi connectivity index (χ4v) is 4.98. The van der Waals surface area contributed by atoms with Crippen LogP contribution in [-0.4, -0.2) is 33.2 Å². The number of amides is 1. The molecule has 1 aliphatic carbocycles. The zero-order chi connectivity index (χ0) is 20.2. The number of aliphatic imine (C=N–C) groups is 1. The van der Waals surface area contributed by atoms with E-state index in [0.717, 1.165) is 35.4 Å². The number of carbonyl (C=O) groups is 1. The largest absolute Gasteiger partial charge is 0.335 e. The summed E-state index contributed by atoms with van der Waals surface area (Å²) in [7, 11) is 0. The molecule has 0 unspecified atom stereocenters. The van der Waals surface area contributed by atoms with Crippen molar-refractivity contribution >= 4 is 11.6 Å². The molecule has 0 N–H and O–H groups in total. The van der Waals surface area contributed by atoms with E-state index < -0.39 is 5.67 Å². The molecule has 4 nitrogen and oxygen atoms in total. The van der Waals surface area contributed by atoms with Gasteiger partial charge in [-0.05, 0) is 74.4 Å². The van der Waals surface area contributed by atoms with E-state index in [-0.39, 0.29) is 11.9 Å². The highest BCUT2D eigenvalue weighted by atomic mass is 19.1. The van der Waals surface area contributed by atoms with E-state index in [0.29, 0.717) is 32.4 Å². The highest BCUT2D eigenvalue weighted by molar-refractivity contribution is 6.15. The Balaban J connectivity index is 1.43. The number of halogens is 1. The number of hydrogen-bond acceptors (Lipinski definition) is 3. The predicted molar refractivity (Wildman–Crippen MR) is 111 cm³/mol. The summed E-state index contributed by atoms with van der Waals surface area (Å²) in [6.07, 6.45) is 4.85. The summed E-state index contributed by atoms with van der Waals surface area (Å²) in [6.45, 7) is 4.96. The molecule has 1 amide bonds. The second-order valence-corrected chi connectivity index (χ2v) is 8.97. The number of fused-ring (bicyclic) bond motifs is 2. The van der Waals surface area contributed by atoms with Gasteiger partial charge in [-0.25, -0.2) is 4.39 Å². The maximum atomic E-state index is 14.2. The average molecular weight is 391 g/mol. The SMILES string of the molecule is Cc1cc(C2=NCc3cc4c(cc32)CN(C2CCC(C)(F)CC2)C(=O)C4)ccn1. The van der Waals surface area contributed by atoms with Crippen LogP contribution >= 0.6 is 0 Å². The maximum absolute atomic E-state index is 14.2. The lowest BCUT2D eigenvalue weighted by molar-refractivity contribution is -0.135. The number of pyridine rings is 1. The van der Waals surface area contributed by atoms with Crippen molar-refractivity contribution < 1.29 is 9.18 Å². The van der Waals surface area contributed by atoms with Crippen molar-refractivity contribution in [3.8, 4) is 0 Å². The zero-order valence-electron chi connectivity index (χ0n) is 17.0. The molecule has 3 aliphatic rings. The van der Waals surface area contributed by atoms with Gasteiger partial charge in [0.25, 0.3) is 0 Å². The Hall–Kier alpha value is -2.56. The van der Waals surface area contributed by atoms with E-state index in [1.807, 2.05) is 24.1 Å². The van der Waals surface area contributed by atoms with Gasteiger partial charge in [-0.15, -0.1) is 0 Å². The smallest absolute Gasteiger partial charge is 0.227 e. The molecule has 2 aromatic rings. The van der Waals surface area contributed by atoms with Crippen molar-refractivity contribution in [2.45, 2.75) is 70.8 Å². The topological polar surface area (TPSA) is 45.6 Å². The predicted octanol–water partition coefficient (Wildman–Crippen LogP) is 4.30. The highest BCUT2D eigenvalue weighted by Crippen LogP contribution is 2.36. The summed E-state index contributed by atoms with van der Waals surface area (Å²) >= 11 is 0. The lowest BCUT2D eigenvalue weighted by Crippen LogP contribution is -2.46. The molecule has 2 aliphatic heterocycles. The molecule has 0 bridgehead atoms. The van der Waals surface area contributed by atoms with Crippen LogP contribution in [0.3, 0.4) is 0 Å². The molecule has 0 spiro atoms. The van der Waals surface area contributed by atoms with Crippen LogP contribution in [0.15, 0.2) is 35.5 Å². The van der Waals surface area contributed by atoms with Gasteiger partial charge in [0.2, 0.25) is 5.91 Å². The van der Waals surface area contributed by atoms with Gasteiger partial charge < -0.3 is 4.90 Å². The first-order valence-electron chi connectivity index (χ1n) is 10.5. The lowest BCUT2D eigenvalue weighted by atomic mass is 9.83. The van der Waals surface area contributed by atoms with Gasteiger partial charge in [0.05, 0.1) is 18.7 Å². The van der Waals surface area contributed by atoms with E-state index in [1.165, 1.54) is 16.7 Å². The third-order valence-corrected chi connectivity index (χ3v) is 6.70. The van der Waals surface area contributed by atoms with Crippen molar-refractivity contribution in [3.05, 3.63) is 64.0 Å². The zero-order valence-corrected chi connectivity index (χ0v) is 17.0. The van der Waals surface area contributed by atoms with Crippen LogP contribution in [0.1, 0.15) is 66.1 Å². The number of carbonyl (C=O) groups excluding carboxylic acids is 1. The second-order valence-electron chi connectivity index (χ2n) is 8.97. The van der Waals surface area contributed by atoms with Crippen molar-refractivity contribution in [2.75, 3.05) is 0 Å². The number of rotatable bonds is 2. The van der Waals surface area contributed by atoms with Crippen molar-refractivity contribution in [1.29, 1.82) is 0 Å². The van der Waals surface area contributed by atoms with Crippen LogP contribution in [-0.2, 0) is 24.3 Å². The van der Waals surface area contributed by atoms with Gasteiger partial charge in [0.1, 0.15) is 5.67 Å². The second kappa shape index (κ2) is 6.75. The molecule has 1 saturated carbocycles. The monoisotopic (exact) mass is 391 g/mol.